The number of rotatable bonds is 2. The number of hydrogen-bond acceptors (Lipinski definition) is 5. The maximum absolute atomic E-state index is 12.1. The zero-order valence-corrected chi connectivity index (χ0v) is 13.6. The first kappa shape index (κ1) is 16.4. The van der Waals surface area contributed by atoms with Crippen molar-refractivity contribution in [3.63, 3.8) is 0 Å². The van der Waals surface area contributed by atoms with Crippen LogP contribution in [0.25, 0.3) is 0 Å². The highest BCUT2D eigenvalue weighted by atomic mass is 35.5. The summed E-state index contributed by atoms with van der Waals surface area (Å²) < 4.78 is 11.0. The van der Waals surface area contributed by atoms with Gasteiger partial charge in [0.1, 0.15) is 11.8 Å². The van der Waals surface area contributed by atoms with E-state index in [1.807, 2.05) is 0 Å². The quantitative estimate of drug-likeness (QED) is 0.625. The number of nitrogens with zero attached hydrogens (tertiary/aromatic N) is 1. The second-order valence-corrected chi connectivity index (χ2v) is 5.57. The zero-order valence-electron chi connectivity index (χ0n) is 12.1. The van der Waals surface area contributed by atoms with Crippen LogP contribution in [-0.4, -0.2) is 29.5 Å². The molecular formula is C15H11Cl2N3O4. The second-order valence-electron chi connectivity index (χ2n) is 4.80. The molecule has 3 rings (SSSR count). The van der Waals surface area contributed by atoms with E-state index in [1.54, 1.807) is 24.3 Å². The van der Waals surface area contributed by atoms with Crippen molar-refractivity contribution in [1.82, 2.24) is 15.8 Å². The number of ether oxygens (including phenoxy) is 2. The number of hydrazine groups is 1. The van der Waals surface area contributed by atoms with Crippen LogP contribution in [0.3, 0.4) is 0 Å². The molecule has 0 bridgehead atoms. The van der Waals surface area contributed by atoms with Gasteiger partial charge in [0, 0.05) is 6.20 Å². The Kier molecular flexibility index (Phi) is 4.73. The Morgan fingerprint density at radius 1 is 1.17 bits per heavy atom. The smallest absolute Gasteiger partial charge is 0.283 e. The van der Waals surface area contributed by atoms with Gasteiger partial charge in [-0.3, -0.25) is 20.4 Å². The molecule has 2 N–H and O–H groups in total. The first-order chi connectivity index (χ1) is 11.5. The molecule has 7 nitrogen and oxygen atoms in total. The first-order valence-corrected chi connectivity index (χ1v) is 7.60. The molecule has 2 heterocycles. The number of halogens is 2. The summed E-state index contributed by atoms with van der Waals surface area (Å²) in [5, 5.41) is 0.222. The average molecular weight is 368 g/mol. The van der Waals surface area contributed by atoms with E-state index in [0.29, 0.717) is 11.5 Å². The third kappa shape index (κ3) is 3.52. The predicted octanol–water partition coefficient (Wildman–Crippen LogP) is 1.99. The van der Waals surface area contributed by atoms with E-state index in [0.717, 1.165) is 0 Å². The third-order valence-corrected chi connectivity index (χ3v) is 3.84. The van der Waals surface area contributed by atoms with Crippen LogP contribution < -0.4 is 20.3 Å². The van der Waals surface area contributed by atoms with Crippen LogP contribution in [-0.2, 0) is 4.79 Å². The van der Waals surface area contributed by atoms with Crippen LogP contribution in [0.1, 0.15) is 10.4 Å². The van der Waals surface area contributed by atoms with Crippen LogP contribution in [0.2, 0.25) is 10.2 Å². The third-order valence-electron chi connectivity index (χ3n) is 3.16. The highest BCUT2D eigenvalue weighted by molar-refractivity contribution is 6.41. The van der Waals surface area contributed by atoms with Crippen molar-refractivity contribution < 1.29 is 19.1 Å². The molecule has 124 valence electrons. The molecular weight excluding hydrogens is 357 g/mol. The van der Waals surface area contributed by atoms with Crippen molar-refractivity contribution in [1.29, 1.82) is 0 Å². The fourth-order valence-electron chi connectivity index (χ4n) is 1.97. The van der Waals surface area contributed by atoms with Crippen molar-refractivity contribution in [2.24, 2.45) is 0 Å². The SMILES string of the molecule is O=C(NNC(=O)[C@H]1COc2ccccc2O1)c1cnc(Cl)c(Cl)c1. The van der Waals surface area contributed by atoms with E-state index in [9.17, 15) is 9.59 Å². The summed E-state index contributed by atoms with van der Waals surface area (Å²) in [6.45, 7) is 0.0348. The van der Waals surface area contributed by atoms with Gasteiger partial charge in [0.05, 0.1) is 10.6 Å². The van der Waals surface area contributed by atoms with Gasteiger partial charge in [-0.15, -0.1) is 0 Å². The first-order valence-electron chi connectivity index (χ1n) is 6.84. The molecule has 0 fully saturated rings. The number of fused-ring (bicyclic) bond motifs is 1. The Hall–Kier alpha value is -2.51. The molecule has 0 spiro atoms. The Morgan fingerprint density at radius 2 is 1.92 bits per heavy atom. The molecule has 24 heavy (non-hydrogen) atoms. The van der Waals surface area contributed by atoms with Gasteiger partial charge in [-0.1, -0.05) is 35.3 Å². The Bertz CT molecular complexity index is 800. The van der Waals surface area contributed by atoms with Gasteiger partial charge in [-0.2, -0.15) is 0 Å². The number of benzene rings is 1. The molecule has 9 heteroatoms. The van der Waals surface area contributed by atoms with Gasteiger partial charge in [0.25, 0.3) is 11.8 Å². The number of amides is 2. The highest BCUT2D eigenvalue weighted by Gasteiger charge is 2.27. The van der Waals surface area contributed by atoms with Gasteiger partial charge in [-0.05, 0) is 18.2 Å². The van der Waals surface area contributed by atoms with Crippen molar-refractivity contribution >= 4 is 35.0 Å². The average Bonchev–Trinajstić information content (AvgIpc) is 2.61. The summed E-state index contributed by atoms with van der Waals surface area (Å²) in [6, 6.07) is 8.34. The highest BCUT2D eigenvalue weighted by Crippen LogP contribution is 2.30. The number of hydrogen-bond donors (Lipinski definition) is 2. The lowest BCUT2D eigenvalue weighted by atomic mass is 10.2. The molecule has 2 aromatic rings. The van der Waals surface area contributed by atoms with Crippen LogP contribution in [0, 0.1) is 0 Å². The molecule has 1 aromatic carbocycles. The molecule has 2 amide bonds. The van der Waals surface area contributed by atoms with Crippen LogP contribution in [0.4, 0.5) is 0 Å². The fourth-order valence-corrected chi connectivity index (χ4v) is 2.23. The van der Waals surface area contributed by atoms with E-state index in [2.05, 4.69) is 15.8 Å². The maximum Gasteiger partial charge on any atom is 0.283 e. The number of carbonyl (C=O) groups excluding carboxylic acids is 2. The van der Waals surface area contributed by atoms with Crippen molar-refractivity contribution in [2.45, 2.75) is 6.10 Å². The Morgan fingerprint density at radius 3 is 2.67 bits per heavy atom. The minimum Gasteiger partial charge on any atom is -0.485 e. The van der Waals surface area contributed by atoms with E-state index in [-0.39, 0.29) is 22.3 Å². The van der Waals surface area contributed by atoms with Gasteiger partial charge in [-0.25, -0.2) is 4.98 Å². The van der Waals surface area contributed by atoms with Crippen LogP contribution in [0.15, 0.2) is 36.5 Å². The lowest BCUT2D eigenvalue weighted by Crippen LogP contribution is -2.50. The fraction of sp³-hybridized carbons (Fsp3) is 0.133. The number of aromatic nitrogens is 1. The minimum absolute atomic E-state index is 0.0348. The molecule has 0 aliphatic carbocycles. The summed E-state index contributed by atoms with van der Waals surface area (Å²) in [5.74, 6) is -0.117. The maximum atomic E-state index is 12.1. The second kappa shape index (κ2) is 6.94. The number of pyridine rings is 1. The summed E-state index contributed by atoms with van der Waals surface area (Å²) in [4.78, 5) is 27.8. The van der Waals surface area contributed by atoms with Crippen molar-refractivity contribution in [3.05, 3.63) is 52.3 Å². The number of para-hydroxylation sites is 2. The standard InChI is InChI=1S/C15H11Cl2N3O4/c16-9-5-8(6-18-13(9)17)14(21)19-20-15(22)12-7-23-10-3-1-2-4-11(10)24-12/h1-6,12H,7H2,(H,19,21)(H,20,22)/t12-/m1/s1. The number of nitrogens with one attached hydrogen (secondary N) is 2. The van der Waals surface area contributed by atoms with Gasteiger partial charge >= 0.3 is 0 Å². The summed E-state index contributed by atoms with van der Waals surface area (Å²) >= 11 is 11.5. The molecule has 1 aliphatic rings. The van der Waals surface area contributed by atoms with E-state index < -0.39 is 17.9 Å². The van der Waals surface area contributed by atoms with Crippen molar-refractivity contribution in [3.8, 4) is 11.5 Å². The van der Waals surface area contributed by atoms with Gasteiger partial charge < -0.3 is 9.47 Å². The molecule has 1 atom stereocenters. The molecule has 0 saturated carbocycles. The van der Waals surface area contributed by atoms with E-state index in [4.69, 9.17) is 32.7 Å². The van der Waals surface area contributed by atoms with Gasteiger partial charge in [0.15, 0.2) is 11.5 Å². The Balaban J connectivity index is 1.58. The summed E-state index contributed by atoms with van der Waals surface area (Å²) in [7, 11) is 0. The molecule has 1 aromatic heterocycles. The minimum atomic E-state index is -0.882. The van der Waals surface area contributed by atoms with E-state index in [1.165, 1.54) is 12.3 Å². The summed E-state index contributed by atoms with van der Waals surface area (Å²) in [6.07, 6.45) is 0.360. The zero-order chi connectivity index (χ0) is 17.1. The van der Waals surface area contributed by atoms with Crippen molar-refractivity contribution in [2.75, 3.05) is 6.61 Å². The largest absolute Gasteiger partial charge is 0.485 e. The number of carbonyl (C=O) groups is 2. The molecule has 0 unspecified atom stereocenters. The monoisotopic (exact) mass is 367 g/mol. The Labute approximate surface area is 146 Å². The van der Waals surface area contributed by atoms with Crippen LogP contribution >= 0.6 is 23.2 Å². The van der Waals surface area contributed by atoms with Gasteiger partial charge in [0.2, 0.25) is 6.10 Å². The molecule has 0 radical (unpaired) electrons. The topological polar surface area (TPSA) is 89.6 Å². The normalized spacial score (nSPS) is 15.5. The lowest BCUT2D eigenvalue weighted by Gasteiger charge is -2.25. The van der Waals surface area contributed by atoms with Crippen LogP contribution in [0.5, 0.6) is 11.5 Å². The summed E-state index contributed by atoms with van der Waals surface area (Å²) in [5.41, 5.74) is 4.67. The molecule has 0 saturated heterocycles. The molecule has 1 aliphatic heterocycles. The predicted molar refractivity (Wildman–Crippen MR) is 86.2 cm³/mol. The van der Waals surface area contributed by atoms with E-state index >= 15 is 0 Å². The lowest BCUT2D eigenvalue weighted by molar-refractivity contribution is -0.131.